The molecule has 2 atom stereocenters. The molecule has 0 saturated heterocycles. The lowest BCUT2D eigenvalue weighted by molar-refractivity contribution is -0.444. The van der Waals surface area contributed by atoms with Gasteiger partial charge in [-0.1, -0.05) is 54.9 Å². The van der Waals surface area contributed by atoms with Gasteiger partial charge in [-0.05, 0) is 24.1 Å². The van der Waals surface area contributed by atoms with Gasteiger partial charge >= 0.3 is 0 Å². The van der Waals surface area contributed by atoms with E-state index in [0.29, 0.717) is 32.8 Å². The summed E-state index contributed by atoms with van der Waals surface area (Å²) in [5.41, 5.74) is 5.08. The average Bonchev–Trinajstić information content (AvgIpc) is 2.93. The number of halogens is 2. The molecule has 0 aliphatic rings. The standard InChI is InChI=1S/C14H17Cl2N3OS/c1-3-8(2)12(17)13-18-19-14(20-13)21-7-9-4-5-10(15)6-11(9)16/h4-6,8,12H,3,7,17H2,1-2H3/p+1. The van der Waals surface area contributed by atoms with Gasteiger partial charge in [0.15, 0.2) is 6.04 Å². The third-order valence-corrected chi connectivity index (χ3v) is 4.89. The van der Waals surface area contributed by atoms with Gasteiger partial charge < -0.3 is 10.2 Å². The minimum Gasteiger partial charge on any atom is -0.410 e. The van der Waals surface area contributed by atoms with Crippen LogP contribution in [0.15, 0.2) is 27.8 Å². The predicted molar refractivity (Wildman–Crippen MR) is 85.4 cm³/mol. The average molecular weight is 347 g/mol. The maximum atomic E-state index is 6.14. The number of nitrogens with zero attached hydrogens (tertiary/aromatic N) is 2. The van der Waals surface area contributed by atoms with Crippen LogP contribution in [0.5, 0.6) is 0 Å². The quantitative estimate of drug-likeness (QED) is 0.802. The first-order valence-electron chi connectivity index (χ1n) is 6.74. The van der Waals surface area contributed by atoms with Gasteiger partial charge in [-0.15, -0.1) is 10.2 Å². The molecule has 0 radical (unpaired) electrons. The Kier molecular flexibility index (Phi) is 5.93. The fraction of sp³-hybridized carbons (Fsp3) is 0.429. The molecule has 0 spiro atoms. The van der Waals surface area contributed by atoms with Crippen molar-refractivity contribution in [2.45, 2.75) is 37.3 Å². The topological polar surface area (TPSA) is 66.6 Å². The maximum absolute atomic E-state index is 6.14. The number of rotatable bonds is 6. The molecule has 2 unspecified atom stereocenters. The van der Waals surface area contributed by atoms with Gasteiger partial charge in [0, 0.05) is 21.7 Å². The first kappa shape index (κ1) is 16.6. The number of benzene rings is 1. The Hall–Kier alpha value is -0.750. The minimum absolute atomic E-state index is 0.0240. The zero-order chi connectivity index (χ0) is 15.4. The van der Waals surface area contributed by atoms with Crippen LogP contribution in [0.2, 0.25) is 10.0 Å². The molecule has 0 saturated carbocycles. The third kappa shape index (κ3) is 4.36. The summed E-state index contributed by atoms with van der Waals surface area (Å²) >= 11 is 13.5. The molecule has 0 fully saturated rings. The highest BCUT2D eigenvalue weighted by atomic mass is 35.5. The van der Waals surface area contributed by atoms with Crippen LogP contribution in [0.4, 0.5) is 0 Å². The summed E-state index contributed by atoms with van der Waals surface area (Å²) in [7, 11) is 0. The van der Waals surface area contributed by atoms with Crippen molar-refractivity contribution >= 4 is 35.0 Å². The first-order valence-corrected chi connectivity index (χ1v) is 8.48. The summed E-state index contributed by atoms with van der Waals surface area (Å²) in [5.74, 6) is 1.66. The molecule has 1 aromatic heterocycles. The van der Waals surface area contributed by atoms with Crippen LogP contribution in [0.1, 0.15) is 37.8 Å². The van der Waals surface area contributed by atoms with Crippen LogP contribution < -0.4 is 5.73 Å². The summed E-state index contributed by atoms with van der Waals surface area (Å²) in [6.45, 7) is 4.25. The molecule has 0 amide bonds. The summed E-state index contributed by atoms with van der Waals surface area (Å²) in [6.07, 6.45) is 1.03. The monoisotopic (exact) mass is 346 g/mol. The van der Waals surface area contributed by atoms with Crippen LogP contribution in [0, 0.1) is 5.92 Å². The van der Waals surface area contributed by atoms with E-state index in [0.717, 1.165) is 12.0 Å². The van der Waals surface area contributed by atoms with Crippen LogP contribution >= 0.6 is 35.0 Å². The highest BCUT2D eigenvalue weighted by Crippen LogP contribution is 2.29. The molecule has 0 bridgehead atoms. The van der Waals surface area contributed by atoms with Crippen molar-refractivity contribution in [3.63, 3.8) is 0 Å². The van der Waals surface area contributed by atoms with E-state index in [4.69, 9.17) is 27.6 Å². The second-order valence-corrected chi connectivity index (χ2v) is 6.69. The molecule has 21 heavy (non-hydrogen) atoms. The van der Waals surface area contributed by atoms with Crippen molar-refractivity contribution in [3.05, 3.63) is 39.7 Å². The fourth-order valence-electron chi connectivity index (χ4n) is 1.73. The van der Waals surface area contributed by atoms with Gasteiger partial charge in [-0.25, -0.2) is 0 Å². The third-order valence-electron chi connectivity index (χ3n) is 3.44. The molecule has 4 nitrogen and oxygen atoms in total. The summed E-state index contributed by atoms with van der Waals surface area (Å²) < 4.78 is 5.66. The zero-order valence-corrected chi connectivity index (χ0v) is 14.3. The normalized spacial score (nSPS) is 14.1. The number of aromatic nitrogens is 2. The largest absolute Gasteiger partial charge is 0.410 e. The Morgan fingerprint density at radius 3 is 2.76 bits per heavy atom. The molecule has 1 heterocycles. The molecule has 2 rings (SSSR count). The number of quaternary nitrogens is 1. The van der Waals surface area contributed by atoms with Crippen molar-refractivity contribution in [2.24, 2.45) is 5.92 Å². The minimum atomic E-state index is 0.0240. The molecule has 7 heteroatoms. The first-order chi connectivity index (χ1) is 10.0. The molecule has 114 valence electrons. The molecule has 0 aliphatic heterocycles. The Balaban J connectivity index is 1.99. The summed E-state index contributed by atoms with van der Waals surface area (Å²) in [5, 5.41) is 9.94. The van der Waals surface area contributed by atoms with E-state index >= 15 is 0 Å². The number of thioether (sulfide) groups is 1. The molecular formula is C14H18Cl2N3OS+. The van der Waals surface area contributed by atoms with E-state index < -0.39 is 0 Å². The molecule has 1 aromatic carbocycles. The van der Waals surface area contributed by atoms with Crippen molar-refractivity contribution in [1.29, 1.82) is 0 Å². The van der Waals surface area contributed by atoms with Gasteiger partial charge in [0.25, 0.3) is 11.1 Å². The number of hydrogen-bond acceptors (Lipinski definition) is 4. The van der Waals surface area contributed by atoms with Crippen molar-refractivity contribution in [2.75, 3.05) is 0 Å². The Labute approximate surface area is 138 Å². The van der Waals surface area contributed by atoms with Crippen LogP contribution in [-0.2, 0) is 5.75 Å². The Morgan fingerprint density at radius 2 is 2.10 bits per heavy atom. The van der Waals surface area contributed by atoms with Gasteiger partial charge in [0.05, 0.1) is 0 Å². The van der Waals surface area contributed by atoms with Gasteiger partial charge in [-0.2, -0.15) is 0 Å². The lowest BCUT2D eigenvalue weighted by atomic mass is 10.0. The van der Waals surface area contributed by atoms with E-state index in [1.165, 1.54) is 11.8 Å². The van der Waals surface area contributed by atoms with Crippen LogP contribution in [0.25, 0.3) is 0 Å². The zero-order valence-electron chi connectivity index (χ0n) is 12.0. The summed E-state index contributed by atoms with van der Waals surface area (Å²) in [4.78, 5) is 0. The van der Waals surface area contributed by atoms with Gasteiger partial charge in [0.1, 0.15) is 0 Å². The van der Waals surface area contributed by atoms with Crippen LogP contribution in [0.3, 0.4) is 0 Å². The smallest absolute Gasteiger partial charge is 0.277 e. The molecule has 2 aromatic rings. The van der Waals surface area contributed by atoms with E-state index in [1.54, 1.807) is 6.07 Å². The predicted octanol–water partition coefficient (Wildman–Crippen LogP) is 4.00. The molecule has 3 N–H and O–H groups in total. The van der Waals surface area contributed by atoms with Crippen molar-refractivity contribution in [1.82, 2.24) is 10.2 Å². The lowest BCUT2D eigenvalue weighted by Gasteiger charge is -2.09. The Morgan fingerprint density at radius 1 is 1.33 bits per heavy atom. The lowest BCUT2D eigenvalue weighted by Crippen LogP contribution is -2.56. The van der Waals surface area contributed by atoms with Crippen molar-refractivity contribution in [3.8, 4) is 0 Å². The SMILES string of the molecule is CCC(C)C([NH3+])c1nnc(SCc2ccc(Cl)cc2Cl)o1. The second kappa shape index (κ2) is 7.49. The van der Waals surface area contributed by atoms with Gasteiger partial charge in [-0.3, -0.25) is 0 Å². The highest BCUT2D eigenvalue weighted by molar-refractivity contribution is 7.98. The number of hydrogen-bond donors (Lipinski definition) is 1. The van der Waals surface area contributed by atoms with Crippen molar-refractivity contribution < 1.29 is 10.2 Å². The second-order valence-electron chi connectivity index (χ2n) is 4.92. The van der Waals surface area contributed by atoms with E-state index in [-0.39, 0.29) is 6.04 Å². The maximum Gasteiger partial charge on any atom is 0.277 e. The Bertz CT molecular complexity index is 606. The van der Waals surface area contributed by atoms with Crippen LogP contribution in [-0.4, -0.2) is 10.2 Å². The fourth-order valence-corrected chi connectivity index (χ4v) is 3.06. The highest BCUT2D eigenvalue weighted by Gasteiger charge is 2.23. The van der Waals surface area contributed by atoms with Gasteiger partial charge in [0.2, 0.25) is 0 Å². The van der Waals surface area contributed by atoms with E-state index in [9.17, 15) is 0 Å². The van der Waals surface area contributed by atoms with E-state index in [2.05, 4.69) is 29.8 Å². The molecule has 0 aliphatic carbocycles. The molecular weight excluding hydrogens is 329 g/mol. The van der Waals surface area contributed by atoms with E-state index in [1.807, 2.05) is 12.1 Å². The summed E-state index contributed by atoms with van der Waals surface area (Å²) in [6, 6.07) is 5.47.